The third-order valence-corrected chi connectivity index (χ3v) is 4.03. The number of carbonyl (C=O) groups excluding carboxylic acids is 1. The number of carboxylic acids is 1. The van der Waals surface area contributed by atoms with Crippen molar-refractivity contribution in [3.63, 3.8) is 0 Å². The predicted octanol–water partition coefficient (Wildman–Crippen LogP) is 3.64. The number of halogens is 1. The van der Waals surface area contributed by atoms with E-state index in [0.29, 0.717) is 24.4 Å². The van der Waals surface area contributed by atoms with Crippen molar-refractivity contribution in [2.45, 2.75) is 26.3 Å². The maximum absolute atomic E-state index is 12.2. The topological polar surface area (TPSA) is 70.8 Å². The highest BCUT2D eigenvalue weighted by molar-refractivity contribution is 9.10. The van der Waals surface area contributed by atoms with Gasteiger partial charge >= 0.3 is 5.97 Å². The molecule has 0 saturated heterocycles. The van der Waals surface area contributed by atoms with E-state index in [9.17, 15) is 9.59 Å². The summed E-state index contributed by atoms with van der Waals surface area (Å²) >= 11 is 3.41. The van der Waals surface area contributed by atoms with Gasteiger partial charge in [0.2, 0.25) is 5.91 Å². The lowest BCUT2D eigenvalue weighted by Gasteiger charge is -2.15. The monoisotopic (exact) mass is 379 g/mol. The largest absolute Gasteiger partial charge is 0.478 e. The zero-order valence-corrected chi connectivity index (χ0v) is 14.6. The number of aryl methyl sites for hydroxylation is 2. The van der Waals surface area contributed by atoms with Crippen molar-refractivity contribution in [1.82, 2.24) is 4.90 Å². The molecule has 0 fully saturated rings. The van der Waals surface area contributed by atoms with Gasteiger partial charge in [-0.25, -0.2) is 4.79 Å². The zero-order valence-electron chi connectivity index (χ0n) is 13.0. The lowest BCUT2D eigenvalue weighted by atomic mass is 10.1. The summed E-state index contributed by atoms with van der Waals surface area (Å²) in [5.41, 5.74) is 1.22. The zero-order chi connectivity index (χ0) is 17.0. The standard InChI is InChI=1S/C17H18BrNO4/c1-11-15(17(21)22)9-14(23-11)10-19(2)16(20)7-6-12-4-3-5-13(18)8-12/h3-5,8-9H,6-7,10H2,1-2H3,(H,21,22). The molecule has 1 N–H and O–H groups in total. The molecule has 6 heteroatoms. The number of amides is 1. The Labute approximate surface area is 143 Å². The van der Waals surface area contributed by atoms with Gasteiger partial charge in [0.15, 0.2) is 0 Å². The number of carbonyl (C=O) groups is 2. The maximum Gasteiger partial charge on any atom is 0.339 e. The molecule has 23 heavy (non-hydrogen) atoms. The van der Waals surface area contributed by atoms with Crippen LogP contribution in [0.4, 0.5) is 0 Å². The molecule has 0 atom stereocenters. The molecule has 122 valence electrons. The fourth-order valence-electron chi connectivity index (χ4n) is 2.29. The minimum absolute atomic E-state index is 0.0177. The van der Waals surface area contributed by atoms with E-state index in [-0.39, 0.29) is 18.0 Å². The minimum atomic E-state index is -1.03. The Balaban J connectivity index is 1.92. The Morgan fingerprint density at radius 3 is 2.65 bits per heavy atom. The number of hydrogen-bond acceptors (Lipinski definition) is 3. The van der Waals surface area contributed by atoms with Gasteiger partial charge in [-0.05, 0) is 37.1 Å². The van der Waals surface area contributed by atoms with Crippen molar-refractivity contribution in [3.8, 4) is 0 Å². The number of furan rings is 1. The third kappa shape index (κ3) is 4.69. The van der Waals surface area contributed by atoms with Crippen LogP contribution in [0, 0.1) is 6.92 Å². The molecule has 1 amide bonds. The first kappa shape index (κ1) is 17.3. The molecule has 0 aliphatic heterocycles. The molecule has 0 spiro atoms. The average Bonchev–Trinajstić information content (AvgIpc) is 2.85. The summed E-state index contributed by atoms with van der Waals surface area (Å²) in [5.74, 6) is -0.224. The highest BCUT2D eigenvalue weighted by Crippen LogP contribution is 2.17. The van der Waals surface area contributed by atoms with Crippen LogP contribution in [0.5, 0.6) is 0 Å². The molecule has 1 aromatic heterocycles. The van der Waals surface area contributed by atoms with Crippen LogP contribution in [-0.4, -0.2) is 28.9 Å². The van der Waals surface area contributed by atoms with Crippen LogP contribution in [0.3, 0.4) is 0 Å². The Hall–Kier alpha value is -2.08. The van der Waals surface area contributed by atoms with Crippen LogP contribution in [0.25, 0.3) is 0 Å². The molecule has 5 nitrogen and oxygen atoms in total. The van der Waals surface area contributed by atoms with Gasteiger partial charge in [0.05, 0.1) is 6.54 Å². The Bertz CT molecular complexity index is 723. The van der Waals surface area contributed by atoms with E-state index in [4.69, 9.17) is 9.52 Å². The summed E-state index contributed by atoms with van der Waals surface area (Å²) in [7, 11) is 1.68. The van der Waals surface area contributed by atoms with Crippen molar-refractivity contribution >= 4 is 27.8 Å². The van der Waals surface area contributed by atoms with E-state index in [1.807, 2.05) is 24.3 Å². The first-order chi connectivity index (χ1) is 10.9. The van der Waals surface area contributed by atoms with Gasteiger partial charge in [-0.2, -0.15) is 0 Å². The fraction of sp³-hybridized carbons (Fsp3) is 0.294. The number of aromatic carboxylic acids is 1. The summed E-state index contributed by atoms with van der Waals surface area (Å²) in [6.45, 7) is 1.85. The average molecular weight is 380 g/mol. The Morgan fingerprint density at radius 1 is 1.30 bits per heavy atom. The molecular weight excluding hydrogens is 362 g/mol. The second-order valence-electron chi connectivity index (χ2n) is 5.37. The Kier molecular flexibility index (Phi) is 5.60. The molecule has 2 aromatic rings. The molecule has 0 bridgehead atoms. The Morgan fingerprint density at radius 2 is 2.04 bits per heavy atom. The van der Waals surface area contributed by atoms with Crippen molar-refractivity contribution in [2.24, 2.45) is 0 Å². The van der Waals surface area contributed by atoms with Crippen LogP contribution >= 0.6 is 15.9 Å². The number of benzene rings is 1. The summed E-state index contributed by atoms with van der Waals surface area (Å²) in [6.07, 6.45) is 1.04. The molecule has 0 unspecified atom stereocenters. The number of hydrogen-bond donors (Lipinski definition) is 1. The number of nitrogens with zero attached hydrogens (tertiary/aromatic N) is 1. The quantitative estimate of drug-likeness (QED) is 0.831. The first-order valence-corrected chi connectivity index (χ1v) is 7.97. The van der Waals surface area contributed by atoms with E-state index >= 15 is 0 Å². The lowest BCUT2D eigenvalue weighted by molar-refractivity contribution is -0.130. The SMILES string of the molecule is Cc1oc(CN(C)C(=O)CCc2cccc(Br)c2)cc1C(=O)O. The van der Waals surface area contributed by atoms with Gasteiger partial charge in [0.25, 0.3) is 0 Å². The van der Waals surface area contributed by atoms with Gasteiger partial charge in [0.1, 0.15) is 17.1 Å². The number of rotatable bonds is 6. The second kappa shape index (κ2) is 7.46. The summed E-state index contributed by atoms with van der Waals surface area (Å²) in [4.78, 5) is 24.7. The van der Waals surface area contributed by atoms with E-state index in [0.717, 1.165) is 10.0 Å². The molecular formula is C17H18BrNO4. The second-order valence-corrected chi connectivity index (χ2v) is 6.28. The highest BCUT2D eigenvalue weighted by Gasteiger charge is 2.16. The summed E-state index contributed by atoms with van der Waals surface area (Å²) in [6, 6.07) is 9.31. The van der Waals surface area contributed by atoms with E-state index < -0.39 is 5.97 Å². The van der Waals surface area contributed by atoms with Gasteiger partial charge < -0.3 is 14.4 Å². The van der Waals surface area contributed by atoms with Crippen molar-refractivity contribution in [2.75, 3.05) is 7.05 Å². The molecule has 0 radical (unpaired) electrons. The van der Waals surface area contributed by atoms with Gasteiger partial charge in [0, 0.05) is 17.9 Å². The third-order valence-electron chi connectivity index (χ3n) is 3.53. The summed E-state index contributed by atoms with van der Waals surface area (Å²) in [5, 5.41) is 9.01. The molecule has 0 aliphatic rings. The van der Waals surface area contributed by atoms with Gasteiger partial charge in [-0.1, -0.05) is 28.1 Å². The molecule has 1 heterocycles. The van der Waals surface area contributed by atoms with Crippen molar-refractivity contribution < 1.29 is 19.1 Å². The fourth-order valence-corrected chi connectivity index (χ4v) is 2.74. The van der Waals surface area contributed by atoms with Crippen LogP contribution in [0.2, 0.25) is 0 Å². The van der Waals surface area contributed by atoms with Crippen molar-refractivity contribution in [1.29, 1.82) is 0 Å². The predicted molar refractivity (Wildman–Crippen MR) is 89.3 cm³/mol. The van der Waals surface area contributed by atoms with E-state index in [2.05, 4.69) is 15.9 Å². The lowest BCUT2D eigenvalue weighted by Crippen LogP contribution is -2.26. The van der Waals surface area contributed by atoms with E-state index in [1.165, 1.54) is 6.07 Å². The molecule has 2 rings (SSSR count). The summed E-state index contributed by atoms with van der Waals surface area (Å²) < 4.78 is 6.38. The van der Waals surface area contributed by atoms with Crippen LogP contribution in [0.15, 0.2) is 39.2 Å². The van der Waals surface area contributed by atoms with Crippen molar-refractivity contribution in [3.05, 3.63) is 57.5 Å². The molecule has 0 saturated carbocycles. The van der Waals surface area contributed by atoms with Crippen LogP contribution < -0.4 is 0 Å². The smallest absolute Gasteiger partial charge is 0.339 e. The first-order valence-electron chi connectivity index (χ1n) is 7.18. The van der Waals surface area contributed by atoms with Crippen LogP contribution in [0.1, 0.15) is 33.9 Å². The van der Waals surface area contributed by atoms with Crippen LogP contribution in [-0.2, 0) is 17.8 Å². The van der Waals surface area contributed by atoms with Gasteiger partial charge in [-0.15, -0.1) is 0 Å². The van der Waals surface area contributed by atoms with Gasteiger partial charge in [-0.3, -0.25) is 4.79 Å². The molecule has 1 aromatic carbocycles. The highest BCUT2D eigenvalue weighted by atomic mass is 79.9. The maximum atomic E-state index is 12.2. The normalized spacial score (nSPS) is 10.6. The molecule has 0 aliphatic carbocycles. The minimum Gasteiger partial charge on any atom is -0.478 e. The number of carboxylic acid groups (broad SMARTS) is 1. The van der Waals surface area contributed by atoms with E-state index in [1.54, 1.807) is 18.9 Å².